The van der Waals surface area contributed by atoms with Crippen molar-refractivity contribution in [3.63, 3.8) is 0 Å². The summed E-state index contributed by atoms with van der Waals surface area (Å²) in [6.07, 6.45) is -0.0135. The van der Waals surface area contributed by atoms with Crippen LogP contribution in [0.5, 0.6) is 0 Å². The molecule has 0 radical (unpaired) electrons. The Hall–Kier alpha value is -1.43. The van der Waals surface area contributed by atoms with E-state index < -0.39 is 6.10 Å². The van der Waals surface area contributed by atoms with Crippen molar-refractivity contribution in [1.29, 1.82) is 0 Å². The summed E-state index contributed by atoms with van der Waals surface area (Å²) in [7, 11) is 0. The molecule has 1 heterocycles. The molecule has 2 rings (SSSR count). The van der Waals surface area contributed by atoms with Gasteiger partial charge in [-0.05, 0) is 24.1 Å². The van der Waals surface area contributed by atoms with E-state index in [1.165, 1.54) is 0 Å². The molecule has 0 spiro atoms. The summed E-state index contributed by atoms with van der Waals surface area (Å²) in [5.41, 5.74) is 1.41. The number of hydrogen-bond acceptors (Lipinski definition) is 4. The van der Waals surface area contributed by atoms with Gasteiger partial charge < -0.3 is 20.8 Å². The van der Waals surface area contributed by atoms with Gasteiger partial charge >= 0.3 is 0 Å². The fourth-order valence-electron chi connectivity index (χ4n) is 1.89. The molecule has 1 aliphatic heterocycles. The van der Waals surface area contributed by atoms with Crippen molar-refractivity contribution in [1.82, 2.24) is 5.32 Å². The Morgan fingerprint density at radius 2 is 2.35 bits per heavy atom. The molecule has 0 aromatic heterocycles. The van der Waals surface area contributed by atoms with Crippen molar-refractivity contribution in [3.05, 3.63) is 29.8 Å². The van der Waals surface area contributed by atoms with Crippen molar-refractivity contribution < 1.29 is 15.0 Å². The Morgan fingerprint density at radius 1 is 1.53 bits per heavy atom. The Labute approximate surface area is 99.5 Å². The van der Waals surface area contributed by atoms with E-state index >= 15 is 0 Å². The van der Waals surface area contributed by atoms with Gasteiger partial charge in [-0.15, -0.1) is 0 Å². The first kappa shape index (κ1) is 12.0. The molecule has 1 fully saturated rings. The largest absolute Gasteiger partial charge is 0.392 e. The molecule has 0 saturated carbocycles. The molecule has 4 N–H and O–H groups in total. The molecule has 2 atom stereocenters. The van der Waals surface area contributed by atoms with Crippen LogP contribution >= 0.6 is 0 Å². The van der Waals surface area contributed by atoms with Crippen LogP contribution in [0.4, 0.5) is 5.69 Å². The van der Waals surface area contributed by atoms with Gasteiger partial charge in [-0.3, -0.25) is 4.79 Å². The zero-order chi connectivity index (χ0) is 12.3. The van der Waals surface area contributed by atoms with Gasteiger partial charge in [0.2, 0.25) is 5.91 Å². The van der Waals surface area contributed by atoms with Gasteiger partial charge in [0.1, 0.15) is 0 Å². The summed E-state index contributed by atoms with van der Waals surface area (Å²) in [5.74, 6) is -0.156. The summed E-state index contributed by atoms with van der Waals surface area (Å²) in [6.45, 7) is 0.402. The first-order valence-electron chi connectivity index (χ1n) is 5.61. The number of benzene rings is 1. The average molecular weight is 236 g/mol. The molecule has 1 amide bonds. The lowest BCUT2D eigenvalue weighted by molar-refractivity contribution is -0.117. The van der Waals surface area contributed by atoms with Crippen LogP contribution in [-0.2, 0) is 11.4 Å². The maximum absolute atomic E-state index is 11.8. The number of nitrogens with one attached hydrogen (secondary N) is 2. The van der Waals surface area contributed by atoms with Gasteiger partial charge in [0.05, 0.1) is 18.8 Å². The van der Waals surface area contributed by atoms with E-state index in [1.807, 2.05) is 0 Å². The highest BCUT2D eigenvalue weighted by Gasteiger charge is 2.27. The monoisotopic (exact) mass is 236 g/mol. The number of aliphatic hydroxyl groups is 2. The van der Waals surface area contributed by atoms with Crippen LogP contribution in [0.1, 0.15) is 12.0 Å². The quantitative estimate of drug-likeness (QED) is 0.588. The SMILES string of the molecule is O=C(Nc1cccc(CO)c1)C1CC(O)CN1. The van der Waals surface area contributed by atoms with Crippen LogP contribution < -0.4 is 10.6 Å². The van der Waals surface area contributed by atoms with Crippen LogP contribution in [0.3, 0.4) is 0 Å². The molecule has 2 unspecified atom stereocenters. The van der Waals surface area contributed by atoms with E-state index in [0.29, 0.717) is 18.7 Å². The van der Waals surface area contributed by atoms with Crippen LogP contribution in [-0.4, -0.2) is 34.8 Å². The maximum Gasteiger partial charge on any atom is 0.241 e. The minimum atomic E-state index is -0.450. The molecule has 5 heteroatoms. The minimum absolute atomic E-state index is 0.0515. The fourth-order valence-corrected chi connectivity index (χ4v) is 1.89. The van der Waals surface area contributed by atoms with Gasteiger partial charge in [-0.1, -0.05) is 12.1 Å². The van der Waals surface area contributed by atoms with Crippen LogP contribution in [0.2, 0.25) is 0 Å². The Balaban J connectivity index is 1.98. The van der Waals surface area contributed by atoms with E-state index in [4.69, 9.17) is 5.11 Å². The molecule has 92 valence electrons. The molecule has 5 nitrogen and oxygen atoms in total. The molecule has 1 saturated heterocycles. The predicted molar refractivity (Wildman–Crippen MR) is 63.4 cm³/mol. The van der Waals surface area contributed by atoms with Crippen molar-refractivity contribution in [3.8, 4) is 0 Å². The lowest BCUT2D eigenvalue weighted by Gasteiger charge is -2.11. The number of amides is 1. The smallest absolute Gasteiger partial charge is 0.241 e. The van der Waals surface area contributed by atoms with Crippen LogP contribution in [0.15, 0.2) is 24.3 Å². The summed E-state index contributed by atoms with van der Waals surface area (Å²) in [4.78, 5) is 11.8. The molecule has 1 aliphatic rings. The van der Waals surface area contributed by atoms with E-state index in [1.54, 1.807) is 24.3 Å². The zero-order valence-corrected chi connectivity index (χ0v) is 9.39. The second kappa shape index (κ2) is 5.27. The standard InChI is InChI=1S/C12H16N2O3/c15-7-8-2-1-3-9(4-8)14-12(17)11-5-10(16)6-13-11/h1-4,10-11,13,15-16H,5-7H2,(H,14,17). The topological polar surface area (TPSA) is 81.6 Å². The van der Waals surface area contributed by atoms with Gasteiger partial charge in [-0.2, -0.15) is 0 Å². The third kappa shape index (κ3) is 3.03. The predicted octanol–water partition coefficient (Wildman–Crippen LogP) is -0.160. The highest BCUT2D eigenvalue weighted by atomic mass is 16.3. The maximum atomic E-state index is 11.8. The van der Waals surface area contributed by atoms with Gasteiger partial charge in [0.25, 0.3) is 0 Å². The highest BCUT2D eigenvalue weighted by molar-refractivity contribution is 5.95. The van der Waals surface area contributed by atoms with Gasteiger partial charge in [-0.25, -0.2) is 0 Å². The Kier molecular flexibility index (Phi) is 3.73. The van der Waals surface area contributed by atoms with Gasteiger partial charge in [0.15, 0.2) is 0 Å². The molecule has 17 heavy (non-hydrogen) atoms. The summed E-state index contributed by atoms with van der Waals surface area (Å²) in [5, 5.41) is 24.0. The first-order chi connectivity index (χ1) is 8.19. The number of carbonyl (C=O) groups excluding carboxylic acids is 1. The number of hydrogen-bond donors (Lipinski definition) is 4. The molecule has 1 aromatic rings. The van der Waals surface area contributed by atoms with E-state index in [2.05, 4.69) is 10.6 Å². The lowest BCUT2D eigenvalue weighted by atomic mass is 10.1. The minimum Gasteiger partial charge on any atom is -0.392 e. The number of aliphatic hydroxyl groups excluding tert-OH is 2. The summed E-state index contributed by atoms with van der Waals surface area (Å²) in [6, 6.07) is 6.71. The molecule has 1 aromatic carbocycles. The fraction of sp³-hybridized carbons (Fsp3) is 0.417. The molecular formula is C12H16N2O3. The number of rotatable bonds is 3. The summed E-state index contributed by atoms with van der Waals surface area (Å²) < 4.78 is 0. The Bertz CT molecular complexity index is 408. The second-order valence-corrected chi connectivity index (χ2v) is 4.20. The Morgan fingerprint density at radius 3 is 3.00 bits per heavy atom. The average Bonchev–Trinajstić information content (AvgIpc) is 2.76. The number of anilines is 1. The van der Waals surface area contributed by atoms with E-state index in [-0.39, 0.29) is 18.6 Å². The molecule has 0 bridgehead atoms. The zero-order valence-electron chi connectivity index (χ0n) is 9.39. The normalized spacial score (nSPS) is 23.6. The van der Waals surface area contributed by atoms with E-state index in [9.17, 15) is 9.90 Å². The lowest BCUT2D eigenvalue weighted by Crippen LogP contribution is -2.35. The first-order valence-corrected chi connectivity index (χ1v) is 5.61. The van der Waals surface area contributed by atoms with Crippen LogP contribution in [0.25, 0.3) is 0 Å². The van der Waals surface area contributed by atoms with Gasteiger partial charge in [0, 0.05) is 12.2 Å². The molecular weight excluding hydrogens is 220 g/mol. The van der Waals surface area contributed by atoms with Crippen molar-refractivity contribution in [2.75, 3.05) is 11.9 Å². The van der Waals surface area contributed by atoms with Crippen molar-refractivity contribution in [2.24, 2.45) is 0 Å². The molecule has 0 aliphatic carbocycles. The number of β-amino-alcohol motifs (C(OH)–C–C–N with tert-alkyl or cyclic N) is 1. The second-order valence-electron chi connectivity index (χ2n) is 4.20. The third-order valence-corrected chi connectivity index (χ3v) is 2.80. The van der Waals surface area contributed by atoms with Crippen molar-refractivity contribution in [2.45, 2.75) is 25.2 Å². The third-order valence-electron chi connectivity index (χ3n) is 2.80. The highest BCUT2D eigenvalue weighted by Crippen LogP contribution is 2.13. The number of carbonyl (C=O) groups is 1. The van der Waals surface area contributed by atoms with Crippen molar-refractivity contribution >= 4 is 11.6 Å². The van der Waals surface area contributed by atoms with Crippen LogP contribution in [0, 0.1) is 0 Å². The van der Waals surface area contributed by atoms with E-state index in [0.717, 1.165) is 5.56 Å². The summed E-state index contributed by atoms with van der Waals surface area (Å²) >= 11 is 0.